The summed E-state index contributed by atoms with van der Waals surface area (Å²) in [5.74, 6) is -0.349. The normalized spacial score (nSPS) is 11.4. The number of aromatic nitrogens is 2. The Hall–Kier alpha value is -2.80. The van der Waals surface area contributed by atoms with E-state index >= 15 is 0 Å². The predicted octanol–water partition coefficient (Wildman–Crippen LogP) is 6.55. The summed E-state index contributed by atoms with van der Waals surface area (Å²) >= 11 is 13.2. The molecule has 0 amide bonds. The van der Waals surface area contributed by atoms with Gasteiger partial charge in [0.05, 0.1) is 22.3 Å². The lowest BCUT2D eigenvalue weighted by molar-refractivity contribution is 0.599. The molecule has 3 aromatic carbocycles. The fourth-order valence-corrected chi connectivity index (χ4v) is 5.20. The van der Waals surface area contributed by atoms with Gasteiger partial charge in [0.2, 0.25) is 0 Å². The Morgan fingerprint density at radius 3 is 2.43 bits per heavy atom. The number of nitrogens with zero attached hydrogens (tertiary/aromatic N) is 2. The highest BCUT2D eigenvalue weighted by atomic mass is 35.5. The van der Waals surface area contributed by atoms with Crippen molar-refractivity contribution in [1.82, 2.24) is 8.97 Å². The van der Waals surface area contributed by atoms with Gasteiger partial charge in [-0.1, -0.05) is 54.1 Å². The van der Waals surface area contributed by atoms with E-state index in [1.165, 1.54) is 17.4 Å². The fraction of sp³-hybridized carbons (Fsp3) is 0.0435. The molecule has 0 aliphatic heterocycles. The van der Waals surface area contributed by atoms with Gasteiger partial charge in [0.1, 0.15) is 11.5 Å². The van der Waals surface area contributed by atoms with Gasteiger partial charge >= 0.3 is 0 Å². The van der Waals surface area contributed by atoms with Crippen LogP contribution >= 0.6 is 35.2 Å². The van der Waals surface area contributed by atoms with Crippen LogP contribution in [0.2, 0.25) is 5.02 Å². The maximum Gasteiger partial charge on any atom is 0.261 e. The lowest BCUT2D eigenvalue weighted by Crippen LogP contribution is -2.24. The van der Waals surface area contributed by atoms with Crippen LogP contribution in [0.15, 0.2) is 77.6 Å². The van der Waals surface area contributed by atoms with Gasteiger partial charge < -0.3 is 0 Å². The predicted molar refractivity (Wildman–Crippen MR) is 124 cm³/mol. The first kappa shape index (κ1) is 19.2. The van der Waals surface area contributed by atoms with E-state index in [1.54, 1.807) is 41.0 Å². The first-order valence-corrected chi connectivity index (χ1v) is 10.8. The van der Waals surface area contributed by atoms with Gasteiger partial charge in [0, 0.05) is 10.6 Å². The lowest BCUT2D eigenvalue weighted by Gasteiger charge is -2.14. The van der Waals surface area contributed by atoms with Gasteiger partial charge in [0.15, 0.2) is 3.95 Å². The van der Waals surface area contributed by atoms with Crippen LogP contribution < -0.4 is 5.56 Å². The fourth-order valence-electron chi connectivity index (χ4n) is 3.65. The van der Waals surface area contributed by atoms with Crippen LogP contribution in [0, 0.1) is 9.77 Å². The highest BCUT2D eigenvalue weighted by molar-refractivity contribution is 7.73. The van der Waals surface area contributed by atoms with Gasteiger partial charge in [-0.2, -0.15) is 0 Å². The number of halogens is 2. The molecular formula is C23H14ClFN2OS2. The molecule has 0 radical (unpaired) electrons. The number of thiazole rings is 1. The van der Waals surface area contributed by atoms with Crippen molar-refractivity contribution in [3.63, 3.8) is 0 Å². The Kier molecular flexibility index (Phi) is 4.77. The molecule has 0 unspecified atom stereocenters. The zero-order valence-corrected chi connectivity index (χ0v) is 17.9. The maximum absolute atomic E-state index is 14.4. The van der Waals surface area contributed by atoms with Crippen molar-refractivity contribution in [3.05, 3.63) is 104 Å². The van der Waals surface area contributed by atoms with Crippen LogP contribution in [0.3, 0.4) is 0 Å². The summed E-state index contributed by atoms with van der Waals surface area (Å²) in [5.41, 5.74) is 2.55. The summed E-state index contributed by atoms with van der Waals surface area (Å²) in [4.78, 5) is 14.3. The summed E-state index contributed by atoms with van der Waals surface area (Å²) in [6, 6.07) is 21.2. The third-order valence-corrected chi connectivity index (χ3v) is 6.72. The van der Waals surface area contributed by atoms with Crippen molar-refractivity contribution in [1.29, 1.82) is 0 Å². The summed E-state index contributed by atoms with van der Waals surface area (Å²) in [6.07, 6.45) is 0. The Morgan fingerprint density at radius 2 is 1.67 bits per heavy atom. The molecule has 3 nitrogen and oxygen atoms in total. The van der Waals surface area contributed by atoms with Crippen LogP contribution in [0.1, 0.15) is 5.56 Å². The number of benzene rings is 3. The lowest BCUT2D eigenvalue weighted by atomic mass is 10.1. The second-order valence-electron chi connectivity index (χ2n) is 6.86. The second-order valence-corrected chi connectivity index (χ2v) is 8.94. The minimum atomic E-state index is -0.349. The van der Waals surface area contributed by atoms with E-state index in [1.807, 2.05) is 34.7 Å². The number of rotatable bonds is 3. The molecule has 0 aliphatic rings. The molecule has 0 saturated heterocycles. The smallest absolute Gasteiger partial charge is 0.261 e. The van der Waals surface area contributed by atoms with Gasteiger partial charge in [0.25, 0.3) is 5.56 Å². The summed E-state index contributed by atoms with van der Waals surface area (Å²) < 4.78 is 18.6. The SMILES string of the molecule is O=c1c2ccccc2n2c(=S)sc(-c3ccc(Cl)cc3)c2n1Cc1ccccc1F. The van der Waals surface area contributed by atoms with E-state index in [-0.39, 0.29) is 17.9 Å². The molecule has 0 atom stereocenters. The largest absolute Gasteiger partial charge is 0.288 e. The molecule has 30 heavy (non-hydrogen) atoms. The number of fused-ring (bicyclic) bond motifs is 3. The molecule has 0 bridgehead atoms. The molecule has 5 aromatic rings. The van der Waals surface area contributed by atoms with Crippen molar-refractivity contribution in [2.24, 2.45) is 0 Å². The van der Waals surface area contributed by atoms with Crippen molar-refractivity contribution >= 4 is 51.7 Å². The summed E-state index contributed by atoms with van der Waals surface area (Å²) in [5, 5.41) is 1.16. The zero-order chi connectivity index (χ0) is 20.8. The Balaban J connectivity index is 1.92. The standard InChI is InChI=1S/C23H14ClFN2OS2/c24-16-11-9-14(10-12-16)20-21-26(13-15-5-1-3-7-18(15)25)22(28)17-6-2-4-8-19(17)27(21)23(29)30-20/h1-12H,13H2. The van der Waals surface area contributed by atoms with Crippen LogP contribution in [0.4, 0.5) is 4.39 Å². The summed E-state index contributed by atoms with van der Waals surface area (Å²) in [7, 11) is 0. The first-order valence-electron chi connectivity index (χ1n) is 9.21. The number of para-hydroxylation sites is 1. The molecule has 0 spiro atoms. The minimum Gasteiger partial charge on any atom is -0.288 e. The van der Waals surface area contributed by atoms with Crippen LogP contribution in [0.25, 0.3) is 27.0 Å². The Bertz CT molecular complexity index is 1530. The van der Waals surface area contributed by atoms with Gasteiger partial charge in [-0.15, -0.1) is 11.3 Å². The number of hydrogen-bond donors (Lipinski definition) is 0. The molecule has 0 fully saturated rings. The van der Waals surface area contributed by atoms with E-state index in [0.29, 0.717) is 25.6 Å². The monoisotopic (exact) mass is 452 g/mol. The molecule has 148 valence electrons. The topological polar surface area (TPSA) is 26.4 Å². The molecule has 7 heteroatoms. The number of hydrogen-bond acceptors (Lipinski definition) is 3. The van der Waals surface area contributed by atoms with Crippen molar-refractivity contribution in [3.8, 4) is 10.4 Å². The molecule has 0 N–H and O–H groups in total. The van der Waals surface area contributed by atoms with E-state index in [0.717, 1.165) is 16.0 Å². The van der Waals surface area contributed by atoms with Crippen molar-refractivity contribution in [2.75, 3.05) is 0 Å². The molecule has 2 heterocycles. The van der Waals surface area contributed by atoms with E-state index in [9.17, 15) is 9.18 Å². The highest BCUT2D eigenvalue weighted by Gasteiger charge is 2.19. The van der Waals surface area contributed by atoms with E-state index in [4.69, 9.17) is 23.8 Å². The molecule has 0 saturated carbocycles. The van der Waals surface area contributed by atoms with Crippen molar-refractivity contribution in [2.45, 2.75) is 6.54 Å². The van der Waals surface area contributed by atoms with E-state index in [2.05, 4.69) is 0 Å². The molecule has 5 rings (SSSR count). The third-order valence-electron chi connectivity index (χ3n) is 5.06. The Labute approximate surface area is 185 Å². The summed E-state index contributed by atoms with van der Waals surface area (Å²) in [6.45, 7) is 0.103. The van der Waals surface area contributed by atoms with Gasteiger partial charge in [-0.05, 0) is 48.1 Å². The second kappa shape index (κ2) is 7.47. The van der Waals surface area contributed by atoms with E-state index < -0.39 is 0 Å². The molecule has 0 aliphatic carbocycles. The van der Waals surface area contributed by atoms with Crippen LogP contribution in [-0.4, -0.2) is 8.97 Å². The first-order chi connectivity index (χ1) is 14.5. The Morgan fingerprint density at radius 1 is 0.967 bits per heavy atom. The average Bonchev–Trinajstić information content (AvgIpc) is 3.10. The van der Waals surface area contributed by atoms with Crippen LogP contribution in [-0.2, 0) is 6.54 Å². The maximum atomic E-state index is 14.4. The third kappa shape index (κ3) is 3.08. The van der Waals surface area contributed by atoms with Crippen molar-refractivity contribution < 1.29 is 4.39 Å². The average molecular weight is 453 g/mol. The van der Waals surface area contributed by atoms with Gasteiger partial charge in [-0.25, -0.2) is 4.39 Å². The zero-order valence-electron chi connectivity index (χ0n) is 15.5. The molecule has 2 aromatic heterocycles. The quantitative estimate of drug-likeness (QED) is 0.290. The minimum absolute atomic E-state index is 0.103. The molecular weight excluding hydrogens is 439 g/mol. The van der Waals surface area contributed by atoms with Gasteiger partial charge in [-0.3, -0.25) is 13.8 Å². The highest BCUT2D eigenvalue weighted by Crippen LogP contribution is 2.34. The van der Waals surface area contributed by atoms with Crippen LogP contribution in [0.5, 0.6) is 0 Å².